The Morgan fingerprint density at radius 2 is 1.69 bits per heavy atom. The molecule has 3 unspecified atom stereocenters. The van der Waals surface area contributed by atoms with Crippen LogP contribution in [0.3, 0.4) is 0 Å². The summed E-state index contributed by atoms with van der Waals surface area (Å²) in [6, 6.07) is 0. The lowest BCUT2D eigenvalue weighted by Gasteiger charge is -2.64. The van der Waals surface area contributed by atoms with Crippen molar-refractivity contribution < 1.29 is 19.7 Å². The summed E-state index contributed by atoms with van der Waals surface area (Å²) in [5.41, 5.74) is 0.527. The number of hydrogen-bond donors (Lipinski definition) is 2. The molecule has 0 saturated heterocycles. The predicted molar refractivity (Wildman–Crippen MR) is 127 cm³/mol. The van der Waals surface area contributed by atoms with Crippen molar-refractivity contribution in [3.8, 4) is 0 Å². The van der Waals surface area contributed by atoms with Crippen LogP contribution in [-0.4, -0.2) is 34.5 Å². The van der Waals surface area contributed by atoms with E-state index in [1.165, 1.54) is 32.6 Å². The number of fused-ring (bicyclic) bond motifs is 5. The molecular weight excluding hydrogens is 400 g/mol. The summed E-state index contributed by atoms with van der Waals surface area (Å²) in [6.45, 7) is 13.1. The highest BCUT2D eigenvalue weighted by Crippen LogP contribution is 2.69. The topological polar surface area (TPSA) is 66.8 Å². The Hall–Kier alpha value is -0.610. The number of rotatable bonds is 5. The summed E-state index contributed by atoms with van der Waals surface area (Å²) in [4.78, 5) is 11.6. The van der Waals surface area contributed by atoms with Crippen molar-refractivity contribution in [3.05, 3.63) is 0 Å². The normalized spacial score (nSPS) is 50.0. The lowest BCUT2D eigenvalue weighted by atomic mass is 9.41. The number of esters is 1. The summed E-state index contributed by atoms with van der Waals surface area (Å²) in [7, 11) is 0. The van der Waals surface area contributed by atoms with Crippen LogP contribution in [0, 0.1) is 52.3 Å². The number of carbonyl (C=O) groups is 1. The molecule has 4 saturated carbocycles. The molecule has 2 N–H and O–H groups in total. The van der Waals surface area contributed by atoms with Crippen LogP contribution in [0.4, 0.5) is 0 Å². The molecule has 0 bridgehead atoms. The number of hydrogen-bond acceptors (Lipinski definition) is 4. The standard InChI is InChI=1S/C28H48O4/c1-7-20-24-15-19(32-18(4)30)10-12-28(24,6)23-11-13-27(5)21(16(2)14-17(3)29)8-9-22(27)25(23)26(20)31/h16-17,19-26,29,31H,7-15H2,1-6H3/t16-,17+,19-,20-,21-,22?,23?,24+,25?,26-,27-,28-/m1/s1. The van der Waals surface area contributed by atoms with Crippen LogP contribution in [-0.2, 0) is 9.53 Å². The van der Waals surface area contributed by atoms with E-state index in [0.29, 0.717) is 41.4 Å². The van der Waals surface area contributed by atoms with Crippen molar-refractivity contribution in [1.82, 2.24) is 0 Å². The van der Waals surface area contributed by atoms with Gasteiger partial charge in [-0.15, -0.1) is 0 Å². The van der Waals surface area contributed by atoms with Gasteiger partial charge in [0.25, 0.3) is 0 Å². The maximum Gasteiger partial charge on any atom is 0.302 e. The van der Waals surface area contributed by atoms with Crippen molar-refractivity contribution in [1.29, 1.82) is 0 Å². The SMILES string of the molecule is CC[C@H]1[C@@H](O)C2C3CC[C@H]([C@H](C)C[C@H](C)O)[C@@]3(C)CCC2[C@@]2(C)CC[C@@H](OC(C)=O)C[C@@H]12. The lowest BCUT2D eigenvalue weighted by molar-refractivity contribution is -0.207. The third-order valence-electron chi connectivity index (χ3n) is 11.2. The van der Waals surface area contributed by atoms with Gasteiger partial charge in [0.1, 0.15) is 6.10 Å². The minimum atomic E-state index is -0.241. The van der Waals surface area contributed by atoms with Gasteiger partial charge in [0, 0.05) is 6.92 Å². The maximum absolute atomic E-state index is 11.9. The smallest absolute Gasteiger partial charge is 0.302 e. The first kappa shape index (κ1) is 24.5. The monoisotopic (exact) mass is 448 g/mol. The number of aliphatic hydroxyl groups excluding tert-OH is 2. The molecule has 0 aromatic heterocycles. The van der Waals surface area contributed by atoms with E-state index in [-0.39, 0.29) is 35.1 Å². The number of ether oxygens (including phenoxy) is 1. The van der Waals surface area contributed by atoms with E-state index in [9.17, 15) is 15.0 Å². The van der Waals surface area contributed by atoms with Gasteiger partial charge in [-0.3, -0.25) is 4.79 Å². The van der Waals surface area contributed by atoms with E-state index in [4.69, 9.17) is 4.74 Å². The highest BCUT2D eigenvalue weighted by atomic mass is 16.5. The van der Waals surface area contributed by atoms with Gasteiger partial charge >= 0.3 is 5.97 Å². The van der Waals surface area contributed by atoms with Gasteiger partial charge in [-0.25, -0.2) is 0 Å². The van der Waals surface area contributed by atoms with Crippen molar-refractivity contribution >= 4 is 5.97 Å². The van der Waals surface area contributed by atoms with Gasteiger partial charge in [0.05, 0.1) is 12.2 Å². The molecule has 0 heterocycles. The fourth-order valence-electron chi connectivity index (χ4n) is 9.96. The number of carbonyl (C=O) groups excluding carboxylic acids is 1. The first-order chi connectivity index (χ1) is 15.0. The zero-order valence-corrected chi connectivity index (χ0v) is 21.3. The van der Waals surface area contributed by atoms with E-state index >= 15 is 0 Å². The zero-order valence-electron chi connectivity index (χ0n) is 21.3. The lowest BCUT2D eigenvalue weighted by Crippen LogP contribution is -2.62. The van der Waals surface area contributed by atoms with Gasteiger partial charge < -0.3 is 14.9 Å². The Bertz CT molecular complexity index is 691. The molecular formula is C28H48O4. The molecule has 32 heavy (non-hydrogen) atoms. The zero-order chi connectivity index (χ0) is 23.4. The Morgan fingerprint density at radius 1 is 1.03 bits per heavy atom. The predicted octanol–water partition coefficient (Wildman–Crippen LogP) is 5.59. The van der Waals surface area contributed by atoms with Crippen LogP contribution in [0.5, 0.6) is 0 Å². The molecule has 12 atom stereocenters. The molecule has 0 radical (unpaired) electrons. The molecule has 0 aromatic rings. The second-order valence-electron chi connectivity index (χ2n) is 12.8. The average molecular weight is 449 g/mol. The van der Waals surface area contributed by atoms with Gasteiger partial charge in [-0.05, 0) is 111 Å². The van der Waals surface area contributed by atoms with Crippen molar-refractivity contribution in [2.24, 2.45) is 52.3 Å². The van der Waals surface area contributed by atoms with Gasteiger partial charge in [0.2, 0.25) is 0 Å². The van der Waals surface area contributed by atoms with E-state index in [2.05, 4.69) is 27.7 Å². The Morgan fingerprint density at radius 3 is 2.31 bits per heavy atom. The molecule has 4 heteroatoms. The molecule has 4 rings (SSSR count). The molecule has 0 aliphatic heterocycles. The minimum absolute atomic E-state index is 0.0226. The van der Waals surface area contributed by atoms with Crippen LogP contribution in [0.15, 0.2) is 0 Å². The third-order valence-corrected chi connectivity index (χ3v) is 11.2. The highest BCUT2D eigenvalue weighted by Gasteiger charge is 2.65. The Balaban J connectivity index is 1.61. The second-order valence-corrected chi connectivity index (χ2v) is 12.8. The van der Waals surface area contributed by atoms with Gasteiger partial charge in [-0.1, -0.05) is 34.1 Å². The molecule has 4 aliphatic carbocycles. The minimum Gasteiger partial charge on any atom is -0.463 e. The molecule has 4 nitrogen and oxygen atoms in total. The summed E-state index contributed by atoms with van der Waals surface area (Å²) in [6.07, 6.45) is 9.40. The number of aliphatic hydroxyl groups is 2. The van der Waals surface area contributed by atoms with E-state index in [0.717, 1.165) is 32.1 Å². The molecule has 4 fully saturated rings. The van der Waals surface area contributed by atoms with Crippen molar-refractivity contribution in [3.63, 3.8) is 0 Å². The van der Waals surface area contributed by atoms with E-state index in [1.54, 1.807) is 0 Å². The van der Waals surface area contributed by atoms with Crippen LogP contribution in [0.25, 0.3) is 0 Å². The second kappa shape index (κ2) is 8.87. The third kappa shape index (κ3) is 3.85. The summed E-state index contributed by atoms with van der Waals surface area (Å²) < 4.78 is 5.67. The summed E-state index contributed by atoms with van der Waals surface area (Å²) >= 11 is 0. The largest absolute Gasteiger partial charge is 0.463 e. The van der Waals surface area contributed by atoms with Crippen LogP contribution < -0.4 is 0 Å². The Labute approximate surface area is 195 Å². The molecule has 0 aromatic carbocycles. The first-order valence-electron chi connectivity index (χ1n) is 13.6. The van der Waals surface area contributed by atoms with E-state index in [1.807, 2.05) is 6.92 Å². The molecule has 0 spiro atoms. The average Bonchev–Trinajstić information content (AvgIpc) is 3.05. The fraction of sp³-hybridized carbons (Fsp3) is 0.964. The van der Waals surface area contributed by atoms with Gasteiger partial charge in [0.15, 0.2) is 0 Å². The molecule has 4 aliphatic rings. The first-order valence-corrected chi connectivity index (χ1v) is 13.6. The van der Waals surface area contributed by atoms with Crippen molar-refractivity contribution in [2.45, 2.75) is 118 Å². The van der Waals surface area contributed by atoms with Gasteiger partial charge in [-0.2, -0.15) is 0 Å². The van der Waals surface area contributed by atoms with Crippen LogP contribution in [0.2, 0.25) is 0 Å². The molecule has 184 valence electrons. The fourth-order valence-corrected chi connectivity index (χ4v) is 9.96. The Kier molecular flexibility index (Phi) is 6.80. The van der Waals surface area contributed by atoms with Crippen molar-refractivity contribution in [2.75, 3.05) is 0 Å². The molecule has 0 amide bonds. The quantitative estimate of drug-likeness (QED) is 0.538. The van der Waals surface area contributed by atoms with E-state index < -0.39 is 0 Å². The van der Waals surface area contributed by atoms with Crippen LogP contribution in [0.1, 0.15) is 99.3 Å². The maximum atomic E-state index is 11.9. The summed E-state index contributed by atoms with van der Waals surface area (Å²) in [5.74, 6) is 3.33. The van der Waals surface area contributed by atoms with Crippen LogP contribution >= 0.6 is 0 Å². The summed E-state index contributed by atoms with van der Waals surface area (Å²) in [5, 5.41) is 21.9. The highest BCUT2D eigenvalue weighted by molar-refractivity contribution is 5.66.